The number of nitro groups is 1. The standard InChI is InChI=1S/C13H18N4O3/c1-9-3-2-6-16(8-9)13(18)11-7-10(17(19)20)4-5-12(11)15-14/h4-5,7,9,15H,2-3,6,8,14H2,1H3. The molecule has 1 fully saturated rings. The van der Waals surface area contributed by atoms with E-state index in [0.717, 1.165) is 12.8 Å². The van der Waals surface area contributed by atoms with Crippen molar-refractivity contribution in [2.45, 2.75) is 19.8 Å². The Morgan fingerprint density at radius 1 is 1.55 bits per heavy atom. The van der Waals surface area contributed by atoms with Crippen molar-refractivity contribution in [3.63, 3.8) is 0 Å². The van der Waals surface area contributed by atoms with E-state index >= 15 is 0 Å². The molecule has 1 amide bonds. The third kappa shape index (κ3) is 2.88. The number of hydrogen-bond acceptors (Lipinski definition) is 5. The molecule has 7 heteroatoms. The Morgan fingerprint density at radius 3 is 2.90 bits per heavy atom. The van der Waals surface area contributed by atoms with Crippen molar-refractivity contribution < 1.29 is 9.72 Å². The quantitative estimate of drug-likeness (QED) is 0.498. The molecule has 0 aromatic heterocycles. The summed E-state index contributed by atoms with van der Waals surface area (Å²) in [5.74, 6) is 5.61. The Labute approximate surface area is 116 Å². The average molecular weight is 278 g/mol. The number of likely N-dealkylation sites (tertiary alicyclic amines) is 1. The molecule has 3 N–H and O–H groups in total. The van der Waals surface area contributed by atoms with E-state index in [-0.39, 0.29) is 17.2 Å². The number of carbonyl (C=O) groups is 1. The molecule has 1 aromatic carbocycles. The zero-order chi connectivity index (χ0) is 14.7. The van der Waals surface area contributed by atoms with Crippen LogP contribution in [0, 0.1) is 16.0 Å². The summed E-state index contributed by atoms with van der Waals surface area (Å²) in [7, 11) is 0. The molecule has 1 atom stereocenters. The number of nitro benzene ring substituents is 1. The first-order valence-electron chi connectivity index (χ1n) is 6.57. The minimum atomic E-state index is -0.518. The third-order valence-electron chi connectivity index (χ3n) is 3.54. The van der Waals surface area contributed by atoms with Gasteiger partial charge in [-0.15, -0.1) is 0 Å². The van der Waals surface area contributed by atoms with Gasteiger partial charge in [0.15, 0.2) is 0 Å². The zero-order valence-corrected chi connectivity index (χ0v) is 11.3. The van der Waals surface area contributed by atoms with Crippen LogP contribution in [0.5, 0.6) is 0 Å². The number of rotatable bonds is 3. The van der Waals surface area contributed by atoms with Crippen molar-refractivity contribution in [1.82, 2.24) is 4.90 Å². The van der Waals surface area contributed by atoms with Crippen molar-refractivity contribution in [3.8, 4) is 0 Å². The van der Waals surface area contributed by atoms with Gasteiger partial charge in [0, 0.05) is 25.2 Å². The van der Waals surface area contributed by atoms with E-state index in [1.165, 1.54) is 18.2 Å². The minimum absolute atomic E-state index is 0.114. The first-order chi connectivity index (χ1) is 9.52. The molecule has 1 aliphatic heterocycles. The fraction of sp³-hybridized carbons (Fsp3) is 0.462. The van der Waals surface area contributed by atoms with Crippen LogP contribution in [-0.4, -0.2) is 28.8 Å². The lowest BCUT2D eigenvalue weighted by Crippen LogP contribution is -2.39. The van der Waals surface area contributed by atoms with Gasteiger partial charge in [0.05, 0.1) is 16.2 Å². The second kappa shape index (κ2) is 5.87. The summed E-state index contributed by atoms with van der Waals surface area (Å²) >= 11 is 0. The molecule has 1 unspecified atom stereocenters. The Morgan fingerprint density at radius 2 is 2.30 bits per heavy atom. The Hall–Kier alpha value is -2.15. The monoisotopic (exact) mass is 278 g/mol. The van der Waals surface area contributed by atoms with Gasteiger partial charge in [0.1, 0.15) is 0 Å². The first-order valence-corrected chi connectivity index (χ1v) is 6.57. The van der Waals surface area contributed by atoms with Gasteiger partial charge in [-0.3, -0.25) is 20.8 Å². The molecule has 0 bridgehead atoms. The molecule has 108 valence electrons. The number of hydrogen-bond donors (Lipinski definition) is 2. The van der Waals surface area contributed by atoms with Gasteiger partial charge in [-0.05, 0) is 24.8 Å². The van der Waals surface area contributed by atoms with E-state index in [0.29, 0.717) is 24.7 Å². The highest BCUT2D eigenvalue weighted by molar-refractivity contribution is 6.00. The summed E-state index contributed by atoms with van der Waals surface area (Å²) < 4.78 is 0. The highest BCUT2D eigenvalue weighted by Gasteiger charge is 2.25. The van der Waals surface area contributed by atoms with Crippen LogP contribution in [0.2, 0.25) is 0 Å². The second-order valence-electron chi connectivity index (χ2n) is 5.13. The number of piperidine rings is 1. The van der Waals surface area contributed by atoms with Gasteiger partial charge in [-0.1, -0.05) is 6.92 Å². The van der Waals surface area contributed by atoms with Gasteiger partial charge in [0.25, 0.3) is 11.6 Å². The van der Waals surface area contributed by atoms with Crippen LogP contribution in [0.1, 0.15) is 30.1 Å². The number of amides is 1. The lowest BCUT2D eigenvalue weighted by molar-refractivity contribution is -0.384. The number of benzene rings is 1. The lowest BCUT2D eigenvalue weighted by atomic mass is 9.99. The predicted molar refractivity (Wildman–Crippen MR) is 75.2 cm³/mol. The summed E-state index contributed by atoms with van der Waals surface area (Å²) in [4.78, 5) is 24.6. The van der Waals surface area contributed by atoms with Crippen LogP contribution in [0.15, 0.2) is 18.2 Å². The molecule has 1 saturated heterocycles. The molecule has 0 saturated carbocycles. The lowest BCUT2D eigenvalue weighted by Gasteiger charge is -2.31. The third-order valence-corrected chi connectivity index (χ3v) is 3.54. The van der Waals surface area contributed by atoms with Crippen LogP contribution in [-0.2, 0) is 0 Å². The van der Waals surface area contributed by atoms with E-state index in [4.69, 9.17) is 5.84 Å². The molecular weight excluding hydrogens is 260 g/mol. The number of anilines is 1. The van der Waals surface area contributed by atoms with Crippen LogP contribution >= 0.6 is 0 Å². The fourth-order valence-corrected chi connectivity index (χ4v) is 2.49. The highest BCUT2D eigenvalue weighted by Crippen LogP contribution is 2.25. The predicted octanol–water partition coefficient (Wildman–Crippen LogP) is 1.75. The maximum Gasteiger partial charge on any atom is 0.270 e. The van der Waals surface area contributed by atoms with Gasteiger partial charge in [0.2, 0.25) is 0 Å². The number of nitrogens with one attached hydrogen (secondary N) is 1. The van der Waals surface area contributed by atoms with E-state index in [9.17, 15) is 14.9 Å². The topological polar surface area (TPSA) is 102 Å². The van der Waals surface area contributed by atoms with Crippen molar-refractivity contribution in [2.75, 3.05) is 18.5 Å². The maximum absolute atomic E-state index is 12.5. The van der Waals surface area contributed by atoms with Crippen LogP contribution in [0.3, 0.4) is 0 Å². The van der Waals surface area contributed by atoms with Crippen molar-refractivity contribution in [2.24, 2.45) is 11.8 Å². The molecule has 1 aromatic rings. The Bertz CT molecular complexity index is 532. The van der Waals surface area contributed by atoms with Crippen molar-refractivity contribution in [1.29, 1.82) is 0 Å². The Balaban J connectivity index is 2.31. The molecular formula is C13H18N4O3. The molecule has 20 heavy (non-hydrogen) atoms. The van der Waals surface area contributed by atoms with Crippen LogP contribution < -0.4 is 11.3 Å². The SMILES string of the molecule is CC1CCCN(C(=O)c2cc([N+](=O)[O-])ccc2NN)C1. The van der Waals surface area contributed by atoms with Crippen LogP contribution in [0.25, 0.3) is 0 Å². The highest BCUT2D eigenvalue weighted by atomic mass is 16.6. The number of nitrogens with two attached hydrogens (primary N) is 1. The van der Waals surface area contributed by atoms with Crippen molar-refractivity contribution in [3.05, 3.63) is 33.9 Å². The average Bonchev–Trinajstić information content (AvgIpc) is 2.45. The number of hydrazine groups is 1. The molecule has 0 aliphatic carbocycles. The van der Waals surface area contributed by atoms with E-state index in [1.54, 1.807) is 4.90 Å². The number of nitrogen functional groups attached to an aromatic ring is 1. The normalized spacial score (nSPS) is 18.7. The van der Waals surface area contributed by atoms with E-state index in [1.807, 2.05) is 0 Å². The van der Waals surface area contributed by atoms with Gasteiger partial charge >= 0.3 is 0 Å². The molecule has 0 radical (unpaired) electrons. The van der Waals surface area contributed by atoms with E-state index in [2.05, 4.69) is 12.3 Å². The number of carbonyl (C=O) groups excluding carboxylic acids is 1. The van der Waals surface area contributed by atoms with Gasteiger partial charge < -0.3 is 10.3 Å². The Kier molecular flexibility index (Phi) is 4.19. The first kappa shape index (κ1) is 14.3. The second-order valence-corrected chi connectivity index (χ2v) is 5.13. The number of nitrogens with zero attached hydrogens (tertiary/aromatic N) is 2. The largest absolute Gasteiger partial charge is 0.338 e. The smallest absolute Gasteiger partial charge is 0.270 e. The maximum atomic E-state index is 12.5. The van der Waals surface area contributed by atoms with Crippen molar-refractivity contribution >= 4 is 17.3 Å². The zero-order valence-electron chi connectivity index (χ0n) is 11.3. The summed E-state index contributed by atoms with van der Waals surface area (Å²) in [6.07, 6.45) is 2.05. The summed E-state index contributed by atoms with van der Waals surface area (Å²) in [5.41, 5.74) is 2.96. The molecule has 1 heterocycles. The molecule has 0 spiro atoms. The summed E-state index contributed by atoms with van der Waals surface area (Å²) in [6, 6.07) is 4.06. The summed E-state index contributed by atoms with van der Waals surface area (Å²) in [5, 5.41) is 10.8. The molecule has 2 rings (SSSR count). The molecule has 7 nitrogen and oxygen atoms in total. The fourth-order valence-electron chi connectivity index (χ4n) is 2.49. The number of non-ortho nitro benzene ring substituents is 1. The minimum Gasteiger partial charge on any atom is -0.338 e. The molecule has 1 aliphatic rings. The van der Waals surface area contributed by atoms with Gasteiger partial charge in [-0.2, -0.15) is 0 Å². The summed E-state index contributed by atoms with van der Waals surface area (Å²) in [6.45, 7) is 3.44. The van der Waals surface area contributed by atoms with Crippen LogP contribution in [0.4, 0.5) is 11.4 Å². The van der Waals surface area contributed by atoms with Gasteiger partial charge in [-0.25, -0.2) is 0 Å². The van der Waals surface area contributed by atoms with E-state index < -0.39 is 4.92 Å².